The van der Waals surface area contributed by atoms with Crippen LogP contribution in [0.5, 0.6) is 0 Å². The molecule has 1 aromatic rings. The Morgan fingerprint density at radius 1 is 1.25 bits per heavy atom. The lowest BCUT2D eigenvalue weighted by atomic mass is 10.0. The maximum atomic E-state index is 5.82. The molecule has 3 nitrogen and oxygen atoms in total. The number of hydrogen-bond acceptors (Lipinski definition) is 3. The van der Waals surface area contributed by atoms with E-state index in [0.717, 1.165) is 6.42 Å². The van der Waals surface area contributed by atoms with Gasteiger partial charge in [-0.15, -0.1) is 0 Å². The average Bonchev–Trinajstić information content (AvgIpc) is 2.62. The Morgan fingerprint density at radius 3 is 2.88 bits per heavy atom. The molecule has 2 fully saturated rings. The normalized spacial score (nSPS) is 37.6. The molecule has 3 rings (SSSR count). The summed E-state index contributed by atoms with van der Waals surface area (Å²) in [5.74, 6) is -0.557. The Morgan fingerprint density at radius 2 is 2.06 bits per heavy atom. The zero-order chi connectivity index (χ0) is 11.0. The number of hydrogen-bond donors (Lipinski definition) is 0. The van der Waals surface area contributed by atoms with Gasteiger partial charge in [0.15, 0.2) is 5.79 Å². The zero-order valence-electron chi connectivity index (χ0n) is 9.39. The second-order valence-electron chi connectivity index (χ2n) is 4.58. The van der Waals surface area contributed by atoms with E-state index < -0.39 is 5.79 Å². The first kappa shape index (κ1) is 10.3. The van der Waals surface area contributed by atoms with Gasteiger partial charge >= 0.3 is 0 Å². The molecule has 2 saturated heterocycles. The van der Waals surface area contributed by atoms with Crippen LogP contribution in [0.2, 0.25) is 0 Å². The highest BCUT2D eigenvalue weighted by atomic mass is 16.8. The van der Waals surface area contributed by atoms with Crippen LogP contribution < -0.4 is 0 Å². The van der Waals surface area contributed by atoms with E-state index in [2.05, 4.69) is 12.1 Å². The average molecular weight is 220 g/mol. The summed E-state index contributed by atoms with van der Waals surface area (Å²) < 4.78 is 17.3. The molecule has 2 aliphatic heterocycles. The molecule has 0 amide bonds. The molecule has 16 heavy (non-hydrogen) atoms. The summed E-state index contributed by atoms with van der Waals surface area (Å²) in [4.78, 5) is 0. The van der Waals surface area contributed by atoms with Gasteiger partial charge in [0.25, 0.3) is 0 Å². The first-order valence-electron chi connectivity index (χ1n) is 5.73. The van der Waals surface area contributed by atoms with Gasteiger partial charge in [0.1, 0.15) is 12.2 Å². The summed E-state index contributed by atoms with van der Waals surface area (Å²) in [6.45, 7) is 3.27. The molecule has 0 saturated carbocycles. The molecule has 0 aromatic heterocycles. The summed E-state index contributed by atoms with van der Waals surface area (Å²) in [5.41, 5.74) is 1.26. The van der Waals surface area contributed by atoms with Crippen molar-refractivity contribution in [2.24, 2.45) is 0 Å². The molecule has 2 bridgehead atoms. The zero-order valence-corrected chi connectivity index (χ0v) is 9.39. The monoisotopic (exact) mass is 220 g/mol. The van der Waals surface area contributed by atoms with Gasteiger partial charge in [0, 0.05) is 6.42 Å². The minimum Gasteiger partial charge on any atom is -0.369 e. The summed E-state index contributed by atoms with van der Waals surface area (Å²) in [6.07, 6.45) is 0.954. The van der Waals surface area contributed by atoms with Crippen LogP contribution in [0.3, 0.4) is 0 Å². The largest absolute Gasteiger partial charge is 0.369 e. The molecule has 0 N–H and O–H groups in total. The van der Waals surface area contributed by atoms with Crippen LogP contribution in [0.15, 0.2) is 30.3 Å². The Kier molecular flexibility index (Phi) is 2.46. The molecule has 2 aliphatic rings. The Labute approximate surface area is 95.3 Å². The van der Waals surface area contributed by atoms with Crippen LogP contribution in [0.1, 0.15) is 12.5 Å². The van der Waals surface area contributed by atoms with Gasteiger partial charge in [-0.05, 0) is 12.5 Å². The molecule has 0 unspecified atom stereocenters. The molecular weight excluding hydrogens is 204 g/mol. The summed E-state index contributed by atoms with van der Waals surface area (Å²) in [7, 11) is 0. The summed E-state index contributed by atoms with van der Waals surface area (Å²) in [6, 6.07) is 10.3. The van der Waals surface area contributed by atoms with Gasteiger partial charge in [-0.25, -0.2) is 0 Å². The van der Waals surface area contributed by atoms with E-state index in [9.17, 15) is 0 Å². The lowest BCUT2D eigenvalue weighted by Crippen LogP contribution is -2.48. The maximum Gasteiger partial charge on any atom is 0.192 e. The predicted molar refractivity (Wildman–Crippen MR) is 59.1 cm³/mol. The summed E-state index contributed by atoms with van der Waals surface area (Å²) in [5, 5.41) is 0. The minimum atomic E-state index is -0.557. The first-order valence-corrected chi connectivity index (χ1v) is 5.73. The molecule has 2 heterocycles. The van der Waals surface area contributed by atoms with Gasteiger partial charge < -0.3 is 14.2 Å². The number of ether oxygens (including phenoxy) is 3. The van der Waals surface area contributed by atoms with Gasteiger partial charge in [0.2, 0.25) is 0 Å². The second-order valence-corrected chi connectivity index (χ2v) is 4.58. The fraction of sp³-hybridized carbons (Fsp3) is 0.538. The van der Waals surface area contributed by atoms with Crippen LogP contribution in [-0.2, 0) is 20.6 Å². The van der Waals surface area contributed by atoms with Crippen molar-refractivity contribution in [1.29, 1.82) is 0 Å². The fourth-order valence-electron chi connectivity index (χ4n) is 2.36. The maximum absolute atomic E-state index is 5.82. The standard InChI is InChI=1S/C13H16O3/c1-13-12(7-10-5-3-2-4-6-10)14-8-11(16-13)9-15-13/h2-6,11-12H,7-9H2,1H3/t11-,12+,13+/m0/s1. The topological polar surface area (TPSA) is 27.7 Å². The molecular formula is C13H16O3. The van der Waals surface area contributed by atoms with E-state index in [4.69, 9.17) is 14.2 Å². The smallest absolute Gasteiger partial charge is 0.192 e. The number of rotatable bonds is 2. The molecule has 0 aliphatic carbocycles. The van der Waals surface area contributed by atoms with Gasteiger partial charge in [0.05, 0.1) is 13.2 Å². The van der Waals surface area contributed by atoms with E-state index in [-0.39, 0.29) is 12.2 Å². The van der Waals surface area contributed by atoms with Gasteiger partial charge in [-0.2, -0.15) is 0 Å². The minimum absolute atomic E-state index is 0.00588. The lowest BCUT2D eigenvalue weighted by molar-refractivity contribution is -0.264. The molecule has 1 aromatic carbocycles. The highest BCUT2D eigenvalue weighted by molar-refractivity contribution is 5.16. The van der Waals surface area contributed by atoms with E-state index in [1.807, 2.05) is 25.1 Å². The highest BCUT2D eigenvalue weighted by Gasteiger charge is 2.48. The quantitative estimate of drug-likeness (QED) is 0.760. The van der Waals surface area contributed by atoms with Crippen LogP contribution in [0.4, 0.5) is 0 Å². The van der Waals surface area contributed by atoms with Crippen molar-refractivity contribution in [1.82, 2.24) is 0 Å². The van der Waals surface area contributed by atoms with E-state index >= 15 is 0 Å². The van der Waals surface area contributed by atoms with Crippen molar-refractivity contribution in [3.63, 3.8) is 0 Å². The molecule has 0 spiro atoms. The van der Waals surface area contributed by atoms with Gasteiger partial charge in [-0.3, -0.25) is 0 Å². The van der Waals surface area contributed by atoms with Crippen molar-refractivity contribution in [2.45, 2.75) is 31.3 Å². The second kappa shape index (κ2) is 3.84. The highest BCUT2D eigenvalue weighted by Crippen LogP contribution is 2.34. The van der Waals surface area contributed by atoms with Crippen LogP contribution >= 0.6 is 0 Å². The Bertz CT molecular complexity index is 365. The molecule has 86 valence electrons. The molecule has 3 heteroatoms. The first-order chi connectivity index (χ1) is 7.76. The van der Waals surface area contributed by atoms with E-state index in [1.54, 1.807) is 0 Å². The van der Waals surface area contributed by atoms with Crippen molar-refractivity contribution in [3.8, 4) is 0 Å². The van der Waals surface area contributed by atoms with Crippen molar-refractivity contribution in [2.75, 3.05) is 13.2 Å². The Hall–Kier alpha value is -0.900. The number of fused-ring (bicyclic) bond motifs is 2. The van der Waals surface area contributed by atoms with Crippen molar-refractivity contribution >= 4 is 0 Å². The third-order valence-electron chi connectivity index (χ3n) is 3.29. The van der Waals surface area contributed by atoms with Gasteiger partial charge in [-0.1, -0.05) is 30.3 Å². The lowest BCUT2D eigenvalue weighted by Gasteiger charge is -2.36. The van der Waals surface area contributed by atoms with Crippen molar-refractivity contribution < 1.29 is 14.2 Å². The van der Waals surface area contributed by atoms with Crippen LogP contribution in [0.25, 0.3) is 0 Å². The predicted octanol–water partition coefficient (Wildman–Crippen LogP) is 1.76. The van der Waals surface area contributed by atoms with E-state index in [1.165, 1.54) is 5.56 Å². The molecule has 3 atom stereocenters. The fourth-order valence-corrected chi connectivity index (χ4v) is 2.36. The van der Waals surface area contributed by atoms with Crippen LogP contribution in [0, 0.1) is 0 Å². The van der Waals surface area contributed by atoms with Crippen molar-refractivity contribution in [3.05, 3.63) is 35.9 Å². The summed E-state index contributed by atoms with van der Waals surface area (Å²) >= 11 is 0. The third kappa shape index (κ3) is 1.75. The SMILES string of the molecule is C[C@]12OC[C@H](CO[C@@H]1Cc1ccccc1)O2. The Balaban J connectivity index is 1.75. The third-order valence-corrected chi connectivity index (χ3v) is 3.29. The van der Waals surface area contributed by atoms with Crippen LogP contribution in [-0.4, -0.2) is 31.2 Å². The molecule has 0 radical (unpaired) electrons. The number of benzene rings is 1. The van der Waals surface area contributed by atoms with E-state index in [0.29, 0.717) is 13.2 Å².